The molecule has 0 saturated heterocycles. The second-order valence-corrected chi connectivity index (χ2v) is 5.22. The fourth-order valence-corrected chi connectivity index (χ4v) is 2.15. The van der Waals surface area contributed by atoms with Crippen molar-refractivity contribution in [3.05, 3.63) is 71.0 Å². The molecule has 3 heteroatoms. The van der Waals surface area contributed by atoms with E-state index in [0.717, 1.165) is 17.5 Å². The van der Waals surface area contributed by atoms with Crippen LogP contribution in [0, 0.1) is 5.82 Å². The van der Waals surface area contributed by atoms with Gasteiger partial charge in [0.05, 0.1) is 6.42 Å². The van der Waals surface area contributed by atoms with Gasteiger partial charge in [-0.05, 0) is 35.2 Å². The third-order valence-corrected chi connectivity index (χ3v) is 3.55. The summed E-state index contributed by atoms with van der Waals surface area (Å²) in [5.74, 6) is -0.253. The number of benzene rings is 2. The summed E-state index contributed by atoms with van der Waals surface area (Å²) in [5, 5.41) is 0. The largest absolute Gasteiger partial charge is 0.341 e. The minimum absolute atomic E-state index is 0.0289. The van der Waals surface area contributed by atoms with Crippen molar-refractivity contribution in [2.75, 3.05) is 7.05 Å². The van der Waals surface area contributed by atoms with Crippen molar-refractivity contribution in [1.82, 2.24) is 4.90 Å². The molecule has 0 atom stereocenters. The minimum atomic E-state index is -0.282. The Labute approximate surface area is 125 Å². The maximum atomic E-state index is 12.8. The smallest absolute Gasteiger partial charge is 0.227 e. The van der Waals surface area contributed by atoms with Crippen LogP contribution in [0.15, 0.2) is 48.5 Å². The van der Waals surface area contributed by atoms with Crippen LogP contribution in [0.3, 0.4) is 0 Å². The zero-order valence-corrected chi connectivity index (χ0v) is 12.5. The maximum Gasteiger partial charge on any atom is 0.227 e. The molecule has 2 nitrogen and oxygen atoms in total. The van der Waals surface area contributed by atoms with Gasteiger partial charge >= 0.3 is 0 Å². The molecular formula is C18H20FNO. The highest BCUT2D eigenvalue weighted by Gasteiger charge is 2.10. The van der Waals surface area contributed by atoms with Gasteiger partial charge in [-0.3, -0.25) is 4.79 Å². The van der Waals surface area contributed by atoms with Crippen LogP contribution >= 0.6 is 0 Å². The molecule has 0 spiro atoms. The van der Waals surface area contributed by atoms with Gasteiger partial charge in [0.1, 0.15) is 5.82 Å². The minimum Gasteiger partial charge on any atom is -0.341 e. The predicted octanol–water partition coefficient (Wildman–Crippen LogP) is 3.59. The zero-order valence-electron chi connectivity index (χ0n) is 12.5. The summed E-state index contributed by atoms with van der Waals surface area (Å²) in [6, 6.07) is 14.4. The molecule has 0 heterocycles. The van der Waals surface area contributed by atoms with E-state index in [1.54, 1.807) is 24.1 Å². The van der Waals surface area contributed by atoms with E-state index in [2.05, 4.69) is 31.2 Å². The number of rotatable bonds is 5. The molecule has 21 heavy (non-hydrogen) atoms. The molecule has 0 aliphatic rings. The number of hydrogen-bond acceptors (Lipinski definition) is 1. The molecule has 2 rings (SSSR count). The quantitative estimate of drug-likeness (QED) is 0.822. The van der Waals surface area contributed by atoms with Gasteiger partial charge in [0.2, 0.25) is 5.91 Å². The second-order valence-electron chi connectivity index (χ2n) is 5.22. The predicted molar refractivity (Wildman–Crippen MR) is 82.4 cm³/mol. The lowest BCUT2D eigenvalue weighted by atomic mass is 10.1. The highest BCUT2D eigenvalue weighted by Crippen LogP contribution is 2.09. The van der Waals surface area contributed by atoms with Crippen molar-refractivity contribution >= 4 is 5.91 Å². The Morgan fingerprint density at radius 2 is 1.48 bits per heavy atom. The van der Waals surface area contributed by atoms with Crippen molar-refractivity contribution < 1.29 is 9.18 Å². The molecule has 0 aliphatic heterocycles. The van der Waals surface area contributed by atoms with Crippen LogP contribution in [-0.4, -0.2) is 17.9 Å². The molecule has 0 saturated carbocycles. The van der Waals surface area contributed by atoms with Gasteiger partial charge in [0.15, 0.2) is 0 Å². The highest BCUT2D eigenvalue weighted by molar-refractivity contribution is 5.78. The first-order valence-electron chi connectivity index (χ1n) is 7.14. The standard InChI is InChI=1S/C18H20FNO/c1-3-14-4-6-16(7-5-14)13-20(2)18(21)12-15-8-10-17(19)11-9-15/h4-11H,3,12-13H2,1-2H3. The van der Waals surface area contributed by atoms with Gasteiger partial charge in [-0.25, -0.2) is 4.39 Å². The summed E-state index contributed by atoms with van der Waals surface area (Å²) < 4.78 is 12.8. The number of carbonyl (C=O) groups is 1. The number of hydrogen-bond donors (Lipinski definition) is 0. The van der Waals surface area contributed by atoms with Crippen molar-refractivity contribution in [2.24, 2.45) is 0 Å². The van der Waals surface area contributed by atoms with Gasteiger partial charge < -0.3 is 4.90 Å². The van der Waals surface area contributed by atoms with Gasteiger partial charge in [-0.15, -0.1) is 0 Å². The van der Waals surface area contributed by atoms with E-state index < -0.39 is 0 Å². The average molecular weight is 285 g/mol. The van der Waals surface area contributed by atoms with E-state index in [4.69, 9.17) is 0 Å². The molecule has 0 aliphatic carbocycles. The van der Waals surface area contributed by atoms with Crippen LogP contribution in [0.1, 0.15) is 23.6 Å². The molecule has 0 N–H and O–H groups in total. The van der Waals surface area contributed by atoms with Crippen molar-refractivity contribution in [1.29, 1.82) is 0 Å². The van der Waals surface area contributed by atoms with Crippen LogP contribution in [0.5, 0.6) is 0 Å². The number of halogens is 1. The van der Waals surface area contributed by atoms with Crippen LogP contribution in [0.25, 0.3) is 0 Å². The van der Waals surface area contributed by atoms with E-state index in [1.807, 2.05) is 0 Å². The first-order chi connectivity index (χ1) is 10.1. The van der Waals surface area contributed by atoms with Gasteiger partial charge in [0.25, 0.3) is 0 Å². The van der Waals surface area contributed by atoms with Crippen LogP contribution in [0.2, 0.25) is 0 Å². The Morgan fingerprint density at radius 3 is 2.05 bits per heavy atom. The summed E-state index contributed by atoms with van der Waals surface area (Å²) in [6.45, 7) is 2.71. The zero-order chi connectivity index (χ0) is 15.2. The lowest BCUT2D eigenvalue weighted by Crippen LogP contribution is -2.27. The molecular weight excluding hydrogens is 265 g/mol. The molecule has 0 bridgehead atoms. The molecule has 110 valence electrons. The van der Waals surface area contributed by atoms with Gasteiger partial charge in [-0.1, -0.05) is 43.3 Å². The molecule has 2 aromatic rings. The normalized spacial score (nSPS) is 10.4. The van der Waals surface area contributed by atoms with E-state index in [1.165, 1.54) is 17.7 Å². The SMILES string of the molecule is CCc1ccc(CN(C)C(=O)Cc2ccc(F)cc2)cc1. The Bertz CT molecular complexity index is 590. The van der Waals surface area contributed by atoms with E-state index in [0.29, 0.717) is 13.0 Å². The third kappa shape index (κ3) is 4.42. The molecule has 0 aromatic heterocycles. The molecule has 1 amide bonds. The van der Waals surface area contributed by atoms with Crippen molar-refractivity contribution in [3.8, 4) is 0 Å². The number of amides is 1. The molecule has 0 radical (unpaired) electrons. The molecule has 0 unspecified atom stereocenters. The number of nitrogens with zero attached hydrogens (tertiary/aromatic N) is 1. The Morgan fingerprint density at radius 1 is 0.952 bits per heavy atom. The Balaban J connectivity index is 1.93. The summed E-state index contributed by atoms with van der Waals surface area (Å²) >= 11 is 0. The summed E-state index contributed by atoms with van der Waals surface area (Å²) in [5.41, 5.74) is 3.23. The van der Waals surface area contributed by atoms with E-state index in [9.17, 15) is 9.18 Å². The Hall–Kier alpha value is -2.16. The van der Waals surface area contributed by atoms with E-state index >= 15 is 0 Å². The fourth-order valence-electron chi connectivity index (χ4n) is 2.15. The van der Waals surface area contributed by atoms with E-state index in [-0.39, 0.29) is 11.7 Å². The number of carbonyl (C=O) groups excluding carboxylic acids is 1. The fraction of sp³-hybridized carbons (Fsp3) is 0.278. The van der Waals surface area contributed by atoms with Crippen LogP contribution in [0.4, 0.5) is 4.39 Å². The maximum absolute atomic E-state index is 12.8. The topological polar surface area (TPSA) is 20.3 Å². The van der Waals surface area contributed by atoms with Crippen LogP contribution in [-0.2, 0) is 24.2 Å². The van der Waals surface area contributed by atoms with Crippen molar-refractivity contribution in [3.63, 3.8) is 0 Å². The molecule has 0 fully saturated rings. The average Bonchev–Trinajstić information content (AvgIpc) is 2.50. The summed E-state index contributed by atoms with van der Waals surface area (Å²) in [4.78, 5) is 13.9. The molecule has 2 aromatic carbocycles. The first-order valence-corrected chi connectivity index (χ1v) is 7.14. The number of aryl methyl sites for hydroxylation is 1. The lowest BCUT2D eigenvalue weighted by molar-refractivity contribution is -0.129. The van der Waals surface area contributed by atoms with Crippen molar-refractivity contribution in [2.45, 2.75) is 26.3 Å². The van der Waals surface area contributed by atoms with Crippen LogP contribution < -0.4 is 0 Å². The first kappa shape index (κ1) is 15.2. The summed E-state index contributed by atoms with van der Waals surface area (Å²) in [6.07, 6.45) is 1.31. The summed E-state index contributed by atoms with van der Waals surface area (Å²) in [7, 11) is 1.79. The van der Waals surface area contributed by atoms with Gasteiger partial charge in [-0.2, -0.15) is 0 Å². The highest BCUT2D eigenvalue weighted by atomic mass is 19.1. The monoisotopic (exact) mass is 285 g/mol. The lowest BCUT2D eigenvalue weighted by Gasteiger charge is -2.17. The Kier molecular flexibility index (Phi) is 5.09. The third-order valence-electron chi connectivity index (χ3n) is 3.55. The second kappa shape index (κ2) is 7.02. The number of likely N-dealkylation sites (N-methyl/N-ethyl adjacent to an activating group) is 1. The van der Waals surface area contributed by atoms with Gasteiger partial charge in [0, 0.05) is 13.6 Å².